The molecule has 0 aliphatic carbocycles. The normalized spacial score (nSPS) is 13.8. The van der Waals surface area contributed by atoms with Crippen LogP contribution in [0.15, 0.2) is 24.3 Å². The number of anilines is 2. The molecular formula is C14H11ClN4O2. The van der Waals surface area contributed by atoms with Gasteiger partial charge < -0.3 is 16.8 Å². The first-order valence-corrected chi connectivity index (χ1v) is 6.53. The molecule has 0 saturated heterocycles. The molecule has 0 radical (unpaired) electrons. The molecule has 5 N–H and O–H groups in total. The third-order valence-corrected chi connectivity index (χ3v) is 3.56. The number of carbonyl (C=O) groups is 2. The average Bonchev–Trinajstić information content (AvgIpc) is 2.46. The highest BCUT2D eigenvalue weighted by Crippen LogP contribution is 2.34. The number of halogens is 1. The summed E-state index contributed by atoms with van der Waals surface area (Å²) in [6, 6.07) is 6.82. The number of Topliss-reactive ketones (excluding diaryl/α,β-unsaturated/α-hetero) is 1. The second kappa shape index (κ2) is 4.75. The van der Waals surface area contributed by atoms with Crippen molar-refractivity contribution in [1.29, 1.82) is 0 Å². The van der Waals surface area contributed by atoms with Crippen LogP contribution in [0.3, 0.4) is 0 Å². The first-order chi connectivity index (χ1) is 9.99. The molecule has 106 valence electrons. The first-order valence-electron chi connectivity index (χ1n) is 6.15. The molecule has 0 spiro atoms. The molecule has 2 heterocycles. The van der Waals surface area contributed by atoms with E-state index in [2.05, 4.69) is 10.3 Å². The zero-order chi connectivity index (χ0) is 15.1. The second-order valence-electron chi connectivity index (χ2n) is 4.64. The number of hydrogen-bond donors (Lipinski definition) is 3. The molecule has 1 aromatic carbocycles. The maximum Gasteiger partial charge on any atom is 0.254 e. The van der Waals surface area contributed by atoms with Crippen LogP contribution in [0.25, 0.3) is 11.3 Å². The van der Waals surface area contributed by atoms with E-state index in [1.54, 1.807) is 24.3 Å². The fourth-order valence-corrected chi connectivity index (χ4v) is 2.54. The summed E-state index contributed by atoms with van der Waals surface area (Å²) in [7, 11) is 0. The van der Waals surface area contributed by atoms with Gasteiger partial charge in [0.2, 0.25) is 0 Å². The fourth-order valence-electron chi connectivity index (χ4n) is 2.26. The summed E-state index contributed by atoms with van der Waals surface area (Å²) in [4.78, 5) is 28.0. The zero-order valence-electron chi connectivity index (χ0n) is 10.8. The van der Waals surface area contributed by atoms with Gasteiger partial charge in [0.25, 0.3) is 5.91 Å². The Kier molecular flexibility index (Phi) is 3.03. The van der Waals surface area contributed by atoms with Gasteiger partial charge in [-0.15, -0.1) is 0 Å². The Labute approximate surface area is 125 Å². The maximum atomic E-state index is 12.0. The number of pyridine rings is 1. The summed E-state index contributed by atoms with van der Waals surface area (Å²) in [5, 5.41) is 2.45. The number of nitrogen functional groups attached to an aromatic ring is 2. The Bertz CT molecular complexity index is 772. The third-order valence-electron chi connectivity index (χ3n) is 3.29. The van der Waals surface area contributed by atoms with Gasteiger partial charge in [-0.1, -0.05) is 23.7 Å². The fraction of sp³-hybridized carbons (Fsp3) is 0.0714. The highest BCUT2D eigenvalue weighted by atomic mass is 35.5. The standard InChI is InChI=1S/C14H11ClN4O2/c15-13-9-8(20)5-18-14(21)10(9)11(17)12(19-13)6-1-3-7(16)4-2-6/h1-4H,5,16-17H2,(H,18,21). The lowest BCUT2D eigenvalue weighted by Gasteiger charge is -2.20. The van der Waals surface area contributed by atoms with Gasteiger partial charge in [0.1, 0.15) is 5.15 Å². The summed E-state index contributed by atoms with van der Waals surface area (Å²) in [5.41, 5.74) is 13.6. The van der Waals surface area contributed by atoms with Crippen molar-refractivity contribution < 1.29 is 9.59 Å². The molecule has 1 aliphatic rings. The average molecular weight is 303 g/mol. The lowest BCUT2D eigenvalue weighted by Crippen LogP contribution is -2.37. The minimum atomic E-state index is -0.428. The summed E-state index contributed by atoms with van der Waals surface area (Å²) in [6.45, 7) is -0.103. The molecule has 0 unspecified atom stereocenters. The van der Waals surface area contributed by atoms with Crippen molar-refractivity contribution >= 4 is 34.7 Å². The third kappa shape index (κ3) is 2.09. The number of carbonyl (C=O) groups excluding carboxylic acids is 2. The number of rotatable bonds is 1. The molecular weight excluding hydrogens is 292 g/mol. The summed E-state index contributed by atoms with van der Waals surface area (Å²) >= 11 is 6.07. The van der Waals surface area contributed by atoms with E-state index in [0.717, 1.165) is 0 Å². The number of nitrogens with two attached hydrogens (primary N) is 2. The minimum Gasteiger partial charge on any atom is -0.399 e. The first kappa shape index (κ1) is 13.4. The van der Waals surface area contributed by atoms with E-state index in [1.807, 2.05) is 0 Å². The molecule has 2 aromatic rings. The number of aromatic nitrogens is 1. The van der Waals surface area contributed by atoms with Crippen LogP contribution >= 0.6 is 11.6 Å². The van der Waals surface area contributed by atoms with E-state index in [-0.39, 0.29) is 34.3 Å². The quantitative estimate of drug-likeness (QED) is 0.546. The number of amides is 1. The van der Waals surface area contributed by atoms with Gasteiger partial charge in [-0.3, -0.25) is 9.59 Å². The predicted molar refractivity (Wildman–Crippen MR) is 80.2 cm³/mol. The molecule has 0 atom stereocenters. The molecule has 3 rings (SSSR count). The van der Waals surface area contributed by atoms with E-state index in [1.165, 1.54) is 0 Å². The molecule has 1 aromatic heterocycles. The zero-order valence-corrected chi connectivity index (χ0v) is 11.6. The molecule has 1 amide bonds. The van der Waals surface area contributed by atoms with E-state index < -0.39 is 5.91 Å². The van der Waals surface area contributed by atoms with Crippen molar-refractivity contribution in [3.63, 3.8) is 0 Å². The van der Waals surface area contributed by atoms with Crippen LogP contribution in [0.5, 0.6) is 0 Å². The SMILES string of the molecule is Nc1ccc(-c2nc(Cl)c3c(c2N)C(=O)NCC3=O)cc1. The van der Waals surface area contributed by atoms with Gasteiger partial charge >= 0.3 is 0 Å². The van der Waals surface area contributed by atoms with Crippen LogP contribution in [0.4, 0.5) is 11.4 Å². The summed E-state index contributed by atoms with van der Waals surface area (Å²) in [6.07, 6.45) is 0. The Balaban J connectivity index is 2.27. The molecule has 0 fully saturated rings. The van der Waals surface area contributed by atoms with E-state index in [4.69, 9.17) is 23.1 Å². The Morgan fingerprint density at radius 2 is 1.76 bits per heavy atom. The van der Waals surface area contributed by atoms with E-state index in [0.29, 0.717) is 16.9 Å². The van der Waals surface area contributed by atoms with Gasteiger partial charge in [-0.05, 0) is 12.1 Å². The lowest BCUT2D eigenvalue weighted by molar-refractivity contribution is 0.0877. The second-order valence-corrected chi connectivity index (χ2v) is 5.00. The molecule has 0 bridgehead atoms. The smallest absolute Gasteiger partial charge is 0.254 e. The summed E-state index contributed by atoms with van der Waals surface area (Å²) < 4.78 is 0. The molecule has 6 nitrogen and oxygen atoms in total. The van der Waals surface area contributed by atoms with Gasteiger partial charge in [0, 0.05) is 11.3 Å². The number of nitrogens with zero attached hydrogens (tertiary/aromatic N) is 1. The van der Waals surface area contributed by atoms with Crippen LogP contribution in [0, 0.1) is 0 Å². The summed E-state index contributed by atoms with van der Waals surface area (Å²) in [5.74, 6) is -0.735. The topological polar surface area (TPSA) is 111 Å². The number of nitrogens with one attached hydrogen (secondary N) is 1. The van der Waals surface area contributed by atoms with Crippen LogP contribution in [-0.4, -0.2) is 23.2 Å². The van der Waals surface area contributed by atoms with E-state index in [9.17, 15) is 9.59 Å². The van der Waals surface area contributed by atoms with Gasteiger partial charge in [-0.2, -0.15) is 0 Å². The van der Waals surface area contributed by atoms with Crippen LogP contribution in [0.2, 0.25) is 5.15 Å². The van der Waals surface area contributed by atoms with Crippen molar-refractivity contribution in [2.24, 2.45) is 0 Å². The Morgan fingerprint density at radius 3 is 2.43 bits per heavy atom. The van der Waals surface area contributed by atoms with Crippen LogP contribution < -0.4 is 16.8 Å². The Hall–Kier alpha value is -2.60. The van der Waals surface area contributed by atoms with E-state index >= 15 is 0 Å². The molecule has 1 aliphatic heterocycles. The number of fused-ring (bicyclic) bond motifs is 1. The highest BCUT2D eigenvalue weighted by molar-refractivity contribution is 6.35. The molecule has 0 saturated carbocycles. The van der Waals surface area contributed by atoms with Gasteiger partial charge in [-0.25, -0.2) is 4.98 Å². The largest absolute Gasteiger partial charge is 0.399 e. The van der Waals surface area contributed by atoms with Crippen molar-refractivity contribution in [2.75, 3.05) is 18.0 Å². The van der Waals surface area contributed by atoms with Crippen molar-refractivity contribution in [3.8, 4) is 11.3 Å². The van der Waals surface area contributed by atoms with Crippen molar-refractivity contribution in [1.82, 2.24) is 10.3 Å². The number of benzene rings is 1. The van der Waals surface area contributed by atoms with Crippen molar-refractivity contribution in [3.05, 3.63) is 40.5 Å². The number of ketones is 1. The lowest BCUT2D eigenvalue weighted by atomic mass is 9.96. The Morgan fingerprint density at radius 1 is 1.10 bits per heavy atom. The highest BCUT2D eigenvalue weighted by Gasteiger charge is 2.30. The van der Waals surface area contributed by atoms with Crippen molar-refractivity contribution in [2.45, 2.75) is 0 Å². The minimum absolute atomic E-state index is 0.0223. The maximum absolute atomic E-state index is 12.0. The van der Waals surface area contributed by atoms with Gasteiger partial charge in [0.15, 0.2) is 5.78 Å². The number of hydrogen-bond acceptors (Lipinski definition) is 5. The van der Waals surface area contributed by atoms with Crippen LogP contribution in [0.1, 0.15) is 20.7 Å². The van der Waals surface area contributed by atoms with Crippen LogP contribution in [-0.2, 0) is 0 Å². The monoisotopic (exact) mass is 302 g/mol. The molecule has 7 heteroatoms. The predicted octanol–water partition coefficient (Wildman–Crippen LogP) is 1.49. The van der Waals surface area contributed by atoms with Gasteiger partial charge in [0.05, 0.1) is 29.1 Å². The molecule has 21 heavy (non-hydrogen) atoms.